The Morgan fingerprint density at radius 1 is 1.38 bits per heavy atom. The minimum Gasteiger partial charge on any atom is -0.354 e. The maximum absolute atomic E-state index is 4.60. The summed E-state index contributed by atoms with van der Waals surface area (Å²) >= 11 is 1.80. The van der Waals surface area contributed by atoms with E-state index in [-0.39, 0.29) is 5.54 Å². The van der Waals surface area contributed by atoms with Gasteiger partial charge in [0, 0.05) is 36.6 Å². The van der Waals surface area contributed by atoms with Gasteiger partial charge in [0.25, 0.3) is 0 Å². The highest BCUT2D eigenvalue weighted by molar-refractivity contribution is 7.09. The van der Waals surface area contributed by atoms with Crippen molar-refractivity contribution in [1.29, 1.82) is 0 Å². The van der Waals surface area contributed by atoms with Crippen LogP contribution in [0, 0.1) is 6.92 Å². The van der Waals surface area contributed by atoms with Crippen molar-refractivity contribution in [3.63, 3.8) is 0 Å². The first-order valence-corrected chi connectivity index (χ1v) is 8.17. The Morgan fingerprint density at radius 3 is 2.67 bits per heavy atom. The van der Waals surface area contributed by atoms with Crippen LogP contribution in [-0.2, 0) is 20.1 Å². The van der Waals surface area contributed by atoms with Crippen molar-refractivity contribution in [3.8, 4) is 0 Å². The average Bonchev–Trinajstić information content (AvgIpc) is 2.93. The van der Waals surface area contributed by atoms with E-state index in [1.165, 1.54) is 16.3 Å². The molecule has 0 aromatic carbocycles. The second-order valence-corrected chi connectivity index (χ2v) is 7.58. The minimum atomic E-state index is 0.103. The molecule has 0 unspecified atom stereocenters. The quantitative estimate of drug-likeness (QED) is 0.920. The summed E-state index contributed by atoms with van der Waals surface area (Å²) < 4.78 is 1.99. The standard InChI is InChI=1S/C16H26N4S/c1-12-14(10-17-16(2,3)4)15(20(6)18-12)19(5)11-13-8-7-9-21-13/h7-9,17H,10-11H2,1-6H3. The van der Waals surface area contributed by atoms with Gasteiger partial charge in [0.05, 0.1) is 12.2 Å². The highest BCUT2D eigenvalue weighted by Crippen LogP contribution is 2.25. The van der Waals surface area contributed by atoms with E-state index in [4.69, 9.17) is 0 Å². The predicted octanol–water partition coefficient (Wildman–Crippen LogP) is 3.31. The molecular weight excluding hydrogens is 280 g/mol. The van der Waals surface area contributed by atoms with Crippen LogP contribution in [0.25, 0.3) is 0 Å². The van der Waals surface area contributed by atoms with E-state index in [1.807, 2.05) is 11.7 Å². The van der Waals surface area contributed by atoms with Crippen molar-refractivity contribution in [2.75, 3.05) is 11.9 Å². The molecule has 2 aromatic rings. The van der Waals surface area contributed by atoms with E-state index in [1.54, 1.807) is 11.3 Å². The van der Waals surface area contributed by atoms with E-state index >= 15 is 0 Å². The van der Waals surface area contributed by atoms with Crippen molar-refractivity contribution in [3.05, 3.63) is 33.6 Å². The molecule has 0 saturated carbocycles. The first kappa shape index (κ1) is 16.0. The molecule has 116 valence electrons. The predicted molar refractivity (Wildman–Crippen MR) is 91.0 cm³/mol. The Hall–Kier alpha value is -1.33. The molecule has 2 heterocycles. The van der Waals surface area contributed by atoms with Gasteiger partial charge in [-0.25, -0.2) is 0 Å². The van der Waals surface area contributed by atoms with Crippen LogP contribution in [0.2, 0.25) is 0 Å². The van der Waals surface area contributed by atoms with Crippen LogP contribution >= 0.6 is 11.3 Å². The highest BCUT2D eigenvalue weighted by Gasteiger charge is 2.19. The summed E-state index contributed by atoms with van der Waals surface area (Å²) in [6.45, 7) is 10.4. The van der Waals surface area contributed by atoms with Gasteiger partial charge in [0.1, 0.15) is 5.82 Å². The minimum absolute atomic E-state index is 0.103. The molecule has 5 heteroatoms. The average molecular weight is 306 g/mol. The summed E-state index contributed by atoms with van der Waals surface area (Å²) in [6, 6.07) is 4.28. The van der Waals surface area contributed by atoms with Gasteiger partial charge in [-0.15, -0.1) is 11.3 Å². The summed E-state index contributed by atoms with van der Waals surface area (Å²) in [7, 11) is 4.16. The molecule has 4 nitrogen and oxygen atoms in total. The number of thiophene rings is 1. The molecule has 0 amide bonds. The van der Waals surface area contributed by atoms with Crippen LogP contribution in [0.15, 0.2) is 17.5 Å². The molecule has 2 rings (SSSR count). The molecule has 0 fully saturated rings. The fraction of sp³-hybridized carbons (Fsp3) is 0.562. The van der Waals surface area contributed by atoms with Gasteiger partial charge in [-0.1, -0.05) is 6.07 Å². The Morgan fingerprint density at radius 2 is 2.10 bits per heavy atom. The number of aromatic nitrogens is 2. The summed E-state index contributed by atoms with van der Waals surface area (Å²) in [5.74, 6) is 1.19. The first-order valence-electron chi connectivity index (χ1n) is 7.29. The zero-order valence-electron chi connectivity index (χ0n) is 13.9. The zero-order chi connectivity index (χ0) is 15.6. The van der Waals surface area contributed by atoms with Crippen molar-refractivity contribution < 1.29 is 0 Å². The first-order chi connectivity index (χ1) is 9.78. The van der Waals surface area contributed by atoms with Crippen LogP contribution in [-0.4, -0.2) is 22.4 Å². The van der Waals surface area contributed by atoms with Gasteiger partial charge in [0.15, 0.2) is 0 Å². The lowest BCUT2D eigenvalue weighted by Gasteiger charge is -2.24. The smallest absolute Gasteiger partial charge is 0.131 e. The molecule has 0 aliphatic heterocycles. The fourth-order valence-electron chi connectivity index (χ4n) is 2.44. The lowest BCUT2D eigenvalue weighted by Crippen LogP contribution is -2.35. The van der Waals surface area contributed by atoms with Gasteiger partial charge < -0.3 is 10.2 Å². The topological polar surface area (TPSA) is 33.1 Å². The second kappa shape index (κ2) is 6.20. The van der Waals surface area contributed by atoms with E-state index in [9.17, 15) is 0 Å². The number of hydrogen-bond donors (Lipinski definition) is 1. The van der Waals surface area contributed by atoms with Crippen LogP contribution in [0.5, 0.6) is 0 Å². The van der Waals surface area contributed by atoms with Crippen molar-refractivity contribution in [2.24, 2.45) is 7.05 Å². The maximum atomic E-state index is 4.60. The second-order valence-electron chi connectivity index (χ2n) is 6.55. The van der Waals surface area contributed by atoms with E-state index < -0.39 is 0 Å². The maximum Gasteiger partial charge on any atom is 0.131 e. The third-order valence-electron chi connectivity index (χ3n) is 3.44. The van der Waals surface area contributed by atoms with Gasteiger partial charge in [-0.05, 0) is 39.1 Å². The van der Waals surface area contributed by atoms with Crippen LogP contribution in [0.4, 0.5) is 5.82 Å². The van der Waals surface area contributed by atoms with Gasteiger partial charge in [-0.3, -0.25) is 4.68 Å². The summed E-state index contributed by atoms with van der Waals surface area (Å²) in [6.07, 6.45) is 0. The molecule has 0 bridgehead atoms. The van der Waals surface area contributed by atoms with Crippen molar-refractivity contribution in [2.45, 2.75) is 46.3 Å². The molecule has 0 aliphatic rings. The van der Waals surface area contributed by atoms with Crippen LogP contribution in [0.3, 0.4) is 0 Å². The Labute approximate surface area is 131 Å². The van der Waals surface area contributed by atoms with E-state index in [2.05, 4.69) is 67.6 Å². The number of nitrogens with one attached hydrogen (secondary N) is 1. The molecule has 0 spiro atoms. The largest absolute Gasteiger partial charge is 0.354 e. The van der Waals surface area contributed by atoms with Crippen LogP contribution in [0.1, 0.15) is 36.9 Å². The van der Waals surface area contributed by atoms with Crippen LogP contribution < -0.4 is 10.2 Å². The lowest BCUT2D eigenvalue weighted by atomic mass is 10.1. The summed E-state index contributed by atoms with van der Waals surface area (Å²) in [5, 5.41) is 10.3. The number of rotatable bonds is 5. The molecule has 21 heavy (non-hydrogen) atoms. The monoisotopic (exact) mass is 306 g/mol. The molecule has 1 N–H and O–H groups in total. The number of nitrogens with zero attached hydrogens (tertiary/aromatic N) is 3. The SMILES string of the molecule is Cc1nn(C)c(N(C)Cc2cccs2)c1CNC(C)(C)C. The van der Waals surface area contributed by atoms with Gasteiger partial charge in [0.2, 0.25) is 0 Å². The fourth-order valence-corrected chi connectivity index (χ4v) is 3.20. The number of hydrogen-bond acceptors (Lipinski definition) is 4. The van der Waals surface area contributed by atoms with Gasteiger partial charge >= 0.3 is 0 Å². The zero-order valence-corrected chi connectivity index (χ0v) is 14.7. The summed E-state index contributed by atoms with van der Waals surface area (Å²) in [5.41, 5.74) is 2.49. The Balaban J connectivity index is 2.21. The lowest BCUT2D eigenvalue weighted by molar-refractivity contribution is 0.424. The summed E-state index contributed by atoms with van der Waals surface area (Å²) in [4.78, 5) is 3.65. The normalized spacial score (nSPS) is 11.9. The molecule has 0 atom stereocenters. The molecule has 0 radical (unpaired) electrons. The highest BCUT2D eigenvalue weighted by atomic mass is 32.1. The Kier molecular flexibility index (Phi) is 4.74. The van der Waals surface area contributed by atoms with Gasteiger partial charge in [-0.2, -0.15) is 5.10 Å². The van der Waals surface area contributed by atoms with E-state index in [0.29, 0.717) is 0 Å². The number of anilines is 1. The third-order valence-corrected chi connectivity index (χ3v) is 4.30. The third kappa shape index (κ3) is 4.08. The molecular formula is C16H26N4S. The molecule has 0 aliphatic carbocycles. The van der Waals surface area contributed by atoms with Crippen molar-refractivity contribution >= 4 is 17.2 Å². The molecule has 2 aromatic heterocycles. The Bertz CT molecular complexity index is 578. The van der Waals surface area contributed by atoms with Crippen molar-refractivity contribution in [1.82, 2.24) is 15.1 Å². The number of aryl methyl sites for hydroxylation is 2. The molecule has 0 saturated heterocycles. The van der Waals surface area contributed by atoms with E-state index in [0.717, 1.165) is 18.8 Å².